The third-order valence-corrected chi connectivity index (χ3v) is 7.07. The van der Waals surface area contributed by atoms with Crippen LogP contribution in [-0.4, -0.2) is 56.5 Å². The van der Waals surface area contributed by atoms with Gasteiger partial charge in [0.2, 0.25) is 0 Å². The largest absolute Gasteiger partial charge is 0.481 e. The van der Waals surface area contributed by atoms with Crippen molar-refractivity contribution in [3.05, 3.63) is 47.5 Å². The monoisotopic (exact) mass is 534 g/mol. The van der Waals surface area contributed by atoms with E-state index in [-0.39, 0.29) is 33.2 Å². The fraction of sp³-hybridized carbons (Fsp3) is 0.409. The zero-order valence-electron chi connectivity index (χ0n) is 18.2. The summed E-state index contributed by atoms with van der Waals surface area (Å²) in [6.07, 6.45) is 1.37. The molecular weight excluding hydrogens is 517 g/mol. The zero-order chi connectivity index (χ0) is 26.0. The van der Waals surface area contributed by atoms with Crippen LogP contribution in [-0.2, 0) is 17.0 Å². The maximum absolute atomic E-state index is 13.9. The Morgan fingerprint density at radius 2 is 1.81 bits per heavy atom. The van der Waals surface area contributed by atoms with Crippen LogP contribution in [0.1, 0.15) is 23.6 Å². The first-order valence-electron chi connectivity index (χ1n) is 10.7. The van der Waals surface area contributed by atoms with Gasteiger partial charge in [0, 0.05) is 18.4 Å². The average Bonchev–Trinajstić information content (AvgIpc) is 3.15. The first kappa shape index (κ1) is 24.7. The quantitative estimate of drug-likeness (QED) is 0.257. The average molecular weight is 534 g/mol. The Labute approximate surface area is 203 Å². The van der Waals surface area contributed by atoms with Crippen LogP contribution < -0.4 is 4.90 Å². The van der Waals surface area contributed by atoms with Gasteiger partial charge in [-0.15, -0.1) is 0 Å². The fourth-order valence-electron chi connectivity index (χ4n) is 4.16. The molecule has 0 bridgehead atoms. The molecule has 14 heteroatoms. The van der Waals surface area contributed by atoms with Crippen molar-refractivity contribution in [3.63, 3.8) is 0 Å². The molecule has 1 atom stereocenters. The Morgan fingerprint density at radius 1 is 1.14 bits per heavy atom. The highest BCUT2D eigenvalue weighted by atomic mass is 32.2. The summed E-state index contributed by atoms with van der Waals surface area (Å²) in [6, 6.07) is 2.68. The lowest BCUT2D eigenvalue weighted by Gasteiger charge is -2.15. The molecule has 1 aliphatic heterocycles. The van der Waals surface area contributed by atoms with Gasteiger partial charge in [0.05, 0.1) is 36.9 Å². The molecule has 36 heavy (non-hydrogen) atoms. The highest BCUT2D eigenvalue weighted by Gasteiger charge is 2.63. The molecule has 1 saturated heterocycles. The van der Waals surface area contributed by atoms with Crippen molar-refractivity contribution in [2.45, 2.75) is 47.6 Å². The predicted octanol–water partition coefficient (Wildman–Crippen LogP) is 5.16. The second-order valence-corrected chi connectivity index (χ2v) is 9.78. The van der Waals surface area contributed by atoms with Gasteiger partial charge in [0.15, 0.2) is 5.16 Å². The summed E-state index contributed by atoms with van der Waals surface area (Å²) in [7, 11) is 0. The Hall–Kier alpha value is -3.03. The van der Waals surface area contributed by atoms with Gasteiger partial charge < -0.3 is 14.6 Å². The number of fused-ring (bicyclic) bond motifs is 1. The summed E-state index contributed by atoms with van der Waals surface area (Å²) in [5.74, 6) is -13.3. The first-order chi connectivity index (χ1) is 16.8. The molecule has 1 aliphatic carbocycles. The minimum atomic E-state index is -4.30. The van der Waals surface area contributed by atoms with Crippen molar-refractivity contribution in [2.75, 3.05) is 18.0 Å². The van der Waals surface area contributed by atoms with Crippen molar-refractivity contribution in [2.24, 2.45) is 0 Å². The Bertz CT molecular complexity index is 1350. The molecule has 2 fully saturated rings. The van der Waals surface area contributed by atoms with E-state index in [1.807, 2.05) is 0 Å². The molecule has 0 radical (unpaired) electrons. The minimum absolute atomic E-state index is 0.0161. The van der Waals surface area contributed by atoms with Crippen molar-refractivity contribution in [1.82, 2.24) is 14.5 Å². The second-order valence-electron chi connectivity index (χ2n) is 8.84. The number of hydrogen-bond acceptors (Lipinski definition) is 5. The van der Waals surface area contributed by atoms with Crippen LogP contribution in [0.3, 0.4) is 0 Å². The van der Waals surface area contributed by atoms with E-state index in [1.165, 1.54) is 18.3 Å². The maximum Gasteiger partial charge on any atom is 0.329 e. The van der Waals surface area contributed by atoms with E-state index in [9.17, 15) is 35.5 Å². The van der Waals surface area contributed by atoms with Crippen molar-refractivity contribution in [1.29, 1.82) is 0 Å². The van der Waals surface area contributed by atoms with Crippen LogP contribution in [0.5, 0.6) is 0 Å². The van der Waals surface area contributed by atoms with Crippen molar-refractivity contribution >= 4 is 34.5 Å². The number of carbonyl (C=O) groups is 1. The molecule has 2 aromatic heterocycles. The number of rotatable bonds is 7. The number of carboxylic acid groups (broad SMARTS) is 1. The van der Waals surface area contributed by atoms with Crippen LogP contribution >= 0.6 is 11.8 Å². The minimum Gasteiger partial charge on any atom is -0.481 e. The molecule has 0 amide bonds. The van der Waals surface area contributed by atoms with Gasteiger partial charge in [0.25, 0.3) is 5.92 Å². The third-order valence-electron chi connectivity index (χ3n) is 6.13. The lowest BCUT2D eigenvalue weighted by Crippen LogP contribution is -2.38. The summed E-state index contributed by atoms with van der Waals surface area (Å²) in [6.45, 7) is -2.59. The highest BCUT2D eigenvalue weighted by Crippen LogP contribution is 2.55. The van der Waals surface area contributed by atoms with E-state index in [4.69, 9.17) is 5.11 Å². The summed E-state index contributed by atoms with van der Waals surface area (Å²) in [4.78, 5) is 20.1. The second kappa shape index (κ2) is 8.25. The molecular formula is C22H17F7N4O2S. The molecule has 1 saturated carbocycles. The summed E-state index contributed by atoms with van der Waals surface area (Å²) in [5, 5.41) is 9.01. The number of halogens is 7. The number of anilines is 1. The highest BCUT2D eigenvalue weighted by molar-refractivity contribution is 7.98. The van der Waals surface area contributed by atoms with E-state index in [0.717, 1.165) is 33.5 Å². The molecule has 2 aliphatic rings. The number of aliphatic carboxylic acids is 1. The number of hydrogen-bond donors (Lipinski definition) is 1. The SMILES string of the molecule is O=C(O)Cc1cc(CSc2ncc3c(n2)c(N2CC(F)(F)C(F)(F)C2)cn3C2CC2(F)F)ccc1F. The molecule has 192 valence electrons. The predicted molar refractivity (Wildman–Crippen MR) is 116 cm³/mol. The smallest absolute Gasteiger partial charge is 0.329 e. The number of nitrogens with zero attached hydrogens (tertiary/aromatic N) is 4. The van der Waals surface area contributed by atoms with Crippen LogP contribution in [0.4, 0.5) is 36.4 Å². The third kappa shape index (κ3) is 4.35. The van der Waals surface area contributed by atoms with Crippen molar-refractivity contribution in [3.8, 4) is 0 Å². The van der Waals surface area contributed by atoms with E-state index in [2.05, 4.69) is 9.97 Å². The van der Waals surface area contributed by atoms with Gasteiger partial charge >= 0.3 is 17.8 Å². The Kier molecular flexibility index (Phi) is 5.65. The number of alkyl halides is 6. The Morgan fingerprint density at radius 3 is 2.42 bits per heavy atom. The van der Waals surface area contributed by atoms with Crippen molar-refractivity contribution < 1.29 is 40.6 Å². The first-order valence-corrected chi connectivity index (χ1v) is 11.6. The lowest BCUT2D eigenvalue weighted by molar-refractivity contribution is -0.172. The Balaban J connectivity index is 1.46. The van der Waals surface area contributed by atoms with Crippen LogP contribution in [0, 0.1) is 5.82 Å². The van der Waals surface area contributed by atoms with E-state index in [0.29, 0.717) is 5.56 Å². The van der Waals surface area contributed by atoms with Crippen LogP contribution in [0.15, 0.2) is 35.7 Å². The van der Waals surface area contributed by atoms with Gasteiger partial charge in [-0.3, -0.25) is 4.79 Å². The number of thioether (sulfide) groups is 1. The van der Waals surface area contributed by atoms with Gasteiger partial charge in [-0.25, -0.2) is 23.1 Å². The maximum atomic E-state index is 13.9. The lowest BCUT2D eigenvalue weighted by atomic mass is 10.1. The fourth-order valence-corrected chi connectivity index (χ4v) is 4.92. The molecule has 0 spiro atoms. The standard InChI is InChI=1S/C22H17F7N4O2S/c23-13-2-1-11(3-12(13)4-17(34)35)8-36-19-30-6-14-18(31-19)15(7-33(14)16-5-20(16,24)25)32-9-21(26,27)22(28,29)10-32/h1-3,6-7,16H,4-5,8-10H2,(H,34,35). The van der Waals surface area contributed by atoms with Gasteiger partial charge in [0.1, 0.15) is 17.4 Å². The molecule has 5 rings (SSSR count). The molecule has 3 aromatic rings. The van der Waals surface area contributed by atoms with Crippen LogP contribution in [0.2, 0.25) is 0 Å². The summed E-state index contributed by atoms with van der Waals surface area (Å²) >= 11 is 1.04. The van der Waals surface area contributed by atoms with Gasteiger partial charge in [-0.2, -0.15) is 17.6 Å². The molecule has 1 N–H and O–H groups in total. The molecule has 6 nitrogen and oxygen atoms in total. The summed E-state index contributed by atoms with van der Waals surface area (Å²) in [5.41, 5.74) is 0.488. The van der Waals surface area contributed by atoms with Gasteiger partial charge in [-0.05, 0) is 17.2 Å². The number of carboxylic acids is 1. The number of benzene rings is 1. The molecule has 1 unspecified atom stereocenters. The molecule has 1 aromatic carbocycles. The van der Waals surface area contributed by atoms with E-state index >= 15 is 0 Å². The number of aromatic nitrogens is 3. The normalized spacial score (nSPS) is 21.8. The topological polar surface area (TPSA) is 71.2 Å². The molecule has 3 heterocycles. The zero-order valence-corrected chi connectivity index (χ0v) is 19.0. The van der Waals surface area contributed by atoms with Gasteiger partial charge in [-0.1, -0.05) is 23.9 Å². The van der Waals surface area contributed by atoms with Crippen LogP contribution in [0.25, 0.3) is 11.0 Å². The van der Waals surface area contributed by atoms with E-state index in [1.54, 1.807) is 0 Å². The summed E-state index contributed by atoms with van der Waals surface area (Å²) < 4.78 is 98.0. The van der Waals surface area contributed by atoms with E-state index < -0.39 is 61.5 Å².